The van der Waals surface area contributed by atoms with Crippen molar-refractivity contribution in [1.82, 2.24) is 10.2 Å². The maximum atomic E-state index is 9.81. The predicted molar refractivity (Wildman–Crippen MR) is 112 cm³/mol. The molecule has 0 saturated heterocycles. The Balaban J connectivity index is 1.91. The van der Waals surface area contributed by atoms with Crippen molar-refractivity contribution in [3.8, 4) is 34.7 Å². The van der Waals surface area contributed by atoms with E-state index in [1.807, 2.05) is 43.3 Å². The molecule has 0 spiro atoms. The van der Waals surface area contributed by atoms with Crippen LogP contribution >= 0.6 is 11.6 Å². The second-order valence-corrected chi connectivity index (χ2v) is 6.97. The van der Waals surface area contributed by atoms with Crippen LogP contribution in [0, 0.1) is 11.3 Å². The minimum atomic E-state index is -0.529. The topological polar surface area (TPSA) is 106 Å². The van der Waals surface area contributed by atoms with Gasteiger partial charge in [-0.1, -0.05) is 29.8 Å². The Kier molecular flexibility index (Phi) is 5.25. The normalized spacial score (nSPS) is 15.2. The summed E-state index contributed by atoms with van der Waals surface area (Å²) in [5.41, 5.74) is 9.20. The largest absolute Gasteiger partial charge is 0.493 e. The lowest BCUT2D eigenvalue weighted by Crippen LogP contribution is -2.21. The number of rotatable bonds is 5. The summed E-state index contributed by atoms with van der Waals surface area (Å²) in [6, 6.07) is 15.1. The highest BCUT2D eigenvalue weighted by Gasteiger charge is 2.36. The van der Waals surface area contributed by atoms with Crippen LogP contribution in [0.15, 0.2) is 53.9 Å². The Bertz CT molecular complexity index is 1180. The zero-order valence-corrected chi connectivity index (χ0v) is 17.2. The van der Waals surface area contributed by atoms with Gasteiger partial charge in [-0.3, -0.25) is 5.10 Å². The number of fused-ring (bicyclic) bond motifs is 1. The van der Waals surface area contributed by atoms with Crippen molar-refractivity contribution in [1.29, 1.82) is 5.26 Å². The lowest BCUT2D eigenvalue weighted by atomic mass is 9.83. The van der Waals surface area contributed by atoms with Crippen molar-refractivity contribution in [2.24, 2.45) is 5.73 Å². The fourth-order valence-electron chi connectivity index (χ4n) is 3.58. The molecule has 0 saturated carbocycles. The van der Waals surface area contributed by atoms with Gasteiger partial charge in [0, 0.05) is 10.6 Å². The minimum absolute atomic E-state index is 0.0113. The van der Waals surface area contributed by atoms with Crippen LogP contribution in [-0.2, 0) is 0 Å². The van der Waals surface area contributed by atoms with Crippen LogP contribution in [0.3, 0.4) is 0 Å². The van der Waals surface area contributed by atoms with Crippen LogP contribution < -0.4 is 19.9 Å². The molecule has 4 rings (SSSR count). The molecule has 1 atom stereocenters. The zero-order valence-electron chi connectivity index (χ0n) is 16.4. The number of aromatic nitrogens is 2. The first-order valence-electron chi connectivity index (χ1n) is 9.30. The first kappa shape index (κ1) is 19.7. The van der Waals surface area contributed by atoms with Gasteiger partial charge < -0.3 is 19.9 Å². The predicted octanol–water partition coefficient (Wildman–Crippen LogP) is 4.36. The standard InChI is InChI=1S/C22H19ClN4O3/c1-3-29-16-9-8-12(10-17(16)28-2)20-19-18(13-6-4-5-7-15(13)23)14(11-24)21(25)30-22(19)27-26-20/h4-10,18H,3,25H2,1-2H3,(H,26,27)/t18-/m1/s1. The number of hydrogen-bond donors (Lipinski definition) is 2. The van der Waals surface area contributed by atoms with E-state index in [2.05, 4.69) is 16.3 Å². The number of aromatic amines is 1. The molecule has 7 nitrogen and oxygen atoms in total. The molecule has 2 aromatic carbocycles. The molecule has 30 heavy (non-hydrogen) atoms. The van der Waals surface area contributed by atoms with Gasteiger partial charge in [-0.15, -0.1) is 5.10 Å². The number of methoxy groups -OCH3 is 1. The van der Waals surface area contributed by atoms with Gasteiger partial charge in [0.25, 0.3) is 0 Å². The van der Waals surface area contributed by atoms with Gasteiger partial charge in [0.15, 0.2) is 11.5 Å². The second-order valence-electron chi connectivity index (χ2n) is 6.56. The smallest absolute Gasteiger partial charge is 0.244 e. The van der Waals surface area contributed by atoms with E-state index in [1.54, 1.807) is 13.2 Å². The van der Waals surface area contributed by atoms with E-state index < -0.39 is 5.92 Å². The van der Waals surface area contributed by atoms with E-state index in [-0.39, 0.29) is 11.5 Å². The molecule has 0 amide bonds. The van der Waals surface area contributed by atoms with Crippen LogP contribution in [0.5, 0.6) is 17.4 Å². The molecule has 0 radical (unpaired) electrons. The molecular weight excluding hydrogens is 404 g/mol. The number of allylic oxidation sites excluding steroid dienone is 1. The molecule has 0 unspecified atom stereocenters. The Labute approximate surface area is 178 Å². The number of benzene rings is 2. The third-order valence-electron chi connectivity index (χ3n) is 4.91. The fourth-order valence-corrected chi connectivity index (χ4v) is 3.83. The third-order valence-corrected chi connectivity index (χ3v) is 5.25. The Morgan fingerprint density at radius 1 is 1.27 bits per heavy atom. The summed E-state index contributed by atoms with van der Waals surface area (Å²) in [6.45, 7) is 2.43. The van der Waals surface area contributed by atoms with E-state index >= 15 is 0 Å². The van der Waals surface area contributed by atoms with Crippen LogP contribution in [0.25, 0.3) is 11.3 Å². The summed E-state index contributed by atoms with van der Waals surface area (Å²) in [6.07, 6.45) is 0. The Morgan fingerprint density at radius 3 is 2.77 bits per heavy atom. The van der Waals surface area contributed by atoms with Crippen LogP contribution in [0.4, 0.5) is 0 Å². The molecule has 1 aromatic heterocycles. The molecule has 3 N–H and O–H groups in total. The molecule has 0 aliphatic carbocycles. The van der Waals surface area contributed by atoms with Gasteiger partial charge in [0.1, 0.15) is 11.6 Å². The fraction of sp³-hybridized carbons (Fsp3) is 0.182. The highest BCUT2D eigenvalue weighted by molar-refractivity contribution is 6.31. The van der Waals surface area contributed by atoms with Crippen LogP contribution in [-0.4, -0.2) is 23.9 Å². The van der Waals surface area contributed by atoms with E-state index in [1.165, 1.54) is 0 Å². The van der Waals surface area contributed by atoms with Gasteiger partial charge in [-0.2, -0.15) is 5.26 Å². The first-order chi connectivity index (χ1) is 14.6. The maximum absolute atomic E-state index is 9.81. The van der Waals surface area contributed by atoms with Crippen molar-refractivity contribution in [3.63, 3.8) is 0 Å². The van der Waals surface area contributed by atoms with Gasteiger partial charge in [-0.25, -0.2) is 0 Å². The number of nitrogens with one attached hydrogen (secondary N) is 1. The van der Waals surface area contributed by atoms with E-state index in [4.69, 9.17) is 31.5 Å². The summed E-state index contributed by atoms with van der Waals surface area (Å²) in [4.78, 5) is 0. The monoisotopic (exact) mass is 422 g/mol. The Hall–Kier alpha value is -3.63. The summed E-state index contributed by atoms with van der Waals surface area (Å²) < 4.78 is 16.7. The number of H-pyrrole nitrogens is 1. The van der Waals surface area contributed by atoms with E-state index in [0.29, 0.717) is 40.3 Å². The highest BCUT2D eigenvalue weighted by Crippen LogP contribution is 2.47. The molecule has 1 aliphatic heterocycles. The van der Waals surface area contributed by atoms with Crippen molar-refractivity contribution in [3.05, 3.63) is 70.1 Å². The Morgan fingerprint density at radius 2 is 2.07 bits per heavy atom. The van der Waals surface area contributed by atoms with Crippen LogP contribution in [0.1, 0.15) is 24.0 Å². The molecule has 1 aliphatic rings. The lowest BCUT2D eigenvalue weighted by molar-refractivity contribution is 0.311. The van der Waals surface area contributed by atoms with Crippen molar-refractivity contribution < 1.29 is 14.2 Å². The lowest BCUT2D eigenvalue weighted by Gasteiger charge is -2.24. The average molecular weight is 423 g/mol. The SMILES string of the molecule is CCOc1ccc(-c2[nH]nc3c2[C@H](c2ccccc2Cl)C(C#N)=C(N)O3)cc1OC. The molecule has 3 aromatic rings. The first-order valence-corrected chi connectivity index (χ1v) is 9.68. The average Bonchev–Trinajstić information content (AvgIpc) is 3.17. The molecule has 0 fully saturated rings. The minimum Gasteiger partial charge on any atom is -0.493 e. The maximum Gasteiger partial charge on any atom is 0.244 e. The van der Waals surface area contributed by atoms with E-state index in [0.717, 1.165) is 11.1 Å². The zero-order chi connectivity index (χ0) is 21.3. The van der Waals surface area contributed by atoms with Gasteiger partial charge in [0.05, 0.1) is 30.9 Å². The summed E-state index contributed by atoms with van der Waals surface area (Å²) in [5, 5.41) is 17.6. The van der Waals surface area contributed by atoms with Crippen LogP contribution in [0.2, 0.25) is 5.02 Å². The van der Waals surface area contributed by atoms with Crippen molar-refractivity contribution in [2.45, 2.75) is 12.8 Å². The number of nitrogens with two attached hydrogens (primary N) is 1. The molecule has 152 valence electrons. The molecule has 0 bridgehead atoms. The summed E-state index contributed by atoms with van der Waals surface area (Å²) >= 11 is 6.48. The van der Waals surface area contributed by atoms with Gasteiger partial charge >= 0.3 is 0 Å². The quantitative estimate of drug-likeness (QED) is 0.632. The molecule has 8 heteroatoms. The molecular formula is C22H19ClN4O3. The third kappa shape index (κ3) is 3.21. The number of nitriles is 1. The molecule has 2 heterocycles. The number of nitrogens with zero attached hydrogens (tertiary/aromatic N) is 2. The van der Waals surface area contributed by atoms with Gasteiger partial charge in [-0.05, 0) is 36.8 Å². The van der Waals surface area contributed by atoms with Crippen molar-refractivity contribution >= 4 is 11.6 Å². The van der Waals surface area contributed by atoms with Gasteiger partial charge in [0.2, 0.25) is 11.8 Å². The van der Waals surface area contributed by atoms with Crippen molar-refractivity contribution in [2.75, 3.05) is 13.7 Å². The summed E-state index contributed by atoms with van der Waals surface area (Å²) in [7, 11) is 1.58. The van der Waals surface area contributed by atoms with E-state index in [9.17, 15) is 5.26 Å². The number of hydrogen-bond acceptors (Lipinski definition) is 6. The second kappa shape index (κ2) is 8.01. The summed E-state index contributed by atoms with van der Waals surface area (Å²) in [5.74, 6) is 1.01. The number of halogens is 1. The highest BCUT2D eigenvalue weighted by atomic mass is 35.5. The number of ether oxygens (including phenoxy) is 3.